The number of nitrogens with one attached hydrogen (secondary N) is 1. The standard InChI is InChI=1S/C20H23Cl2N5O2S.2ClH/c21-16-11-15(17(22)30-16)12-8-13(10-14(9-12)19(29)26-20(23)24)18(28)25-4-7-27-5-2-1-3-6-27;;/h8-11H,1-7H2,(H,25,28)(H4,23,24,26,29);2*1H. The topological polar surface area (TPSA) is 114 Å². The molecule has 12 heteroatoms. The summed E-state index contributed by atoms with van der Waals surface area (Å²) in [6.07, 6.45) is 3.64. The number of amides is 2. The zero-order valence-electron chi connectivity index (χ0n) is 17.1. The van der Waals surface area contributed by atoms with Crippen LogP contribution in [0.4, 0.5) is 0 Å². The largest absolute Gasteiger partial charge is 0.370 e. The summed E-state index contributed by atoms with van der Waals surface area (Å²) >= 11 is 13.5. The number of thiophene rings is 1. The van der Waals surface area contributed by atoms with E-state index in [2.05, 4.69) is 15.2 Å². The highest BCUT2D eigenvalue weighted by molar-refractivity contribution is 7.20. The van der Waals surface area contributed by atoms with Crippen LogP contribution in [0.1, 0.15) is 40.0 Å². The van der Waals surface area contributed by atoms with E-state index in [1.165, 1.54) is 36.7 Å². The van der Waals surface area contributed by atoms with Gasteiger partial charge in [0.25, 0.3) is 11.8 Å². The maximum Gasteiger partial charge on any atom is 0.280 e. The molecule has 3 rings (SSSR count). The van der Waals surface area contributed by atoms with Gasteiger partial charge in [-0.3, -0.25) is 9.59 Å². The predicted octanol–water partition coefficient (Wildman–Crippen LogP) is 4.19. The Morgan fingerprint density at radius 1 is 1.03 bits per heavy atom. The molecule has 2 amide bonds. The average molecular weight is 541 g/mol. The van der Waals surface area contributed by atoms with Crippen LogP contribution in [0.15, 0.2) is 29.3 Å². The van der Waals surface area contributed by atoms with E-state index in [1.807, 2.05) is 0 Å². The molecule has 1 fully saturated rings. The van der Waals surface area contributed by atoms with Gasteiger partial charge in [-0.2, -0.15) is 4.99 Å². The first-order valence-electron chi connectivity index (χ1n) is 9.58. The predicted molar refractivity (Wildman–Crippen MR) is 137 cm³/mol. The molecule has 7 nitrogen and oxygen atoms in total. The minimum atomic E-state index is -0.642. The Hall–Kier alpha value is -1.55. The lowest BCUT2D eigenvalue weighted by atomic mass is 10.0. The molecular weight excluding hydrogens is 516 g/mol. The number of nitrogens with two attached hydrogens (primary N) is 2. The van der Waals surface area contributed by atoms with Crippen LogP contribution in [0.5, 0.6) is 0 Å². The fourth-order valence-electron chi connectivity index (χ4n) is 3.37. The van der Waals surface area contributed by atoms with Crippen LogP contribution in [-0.4, -0.2) is 48.9 Å². The number of halogens is 4. The molecule has 1 aliphatic heterocycles. The summed E-state index contributed by atoms with van der Waals surface area (Å²) in [7, 11) is 0. The van der Waals surface area contributed by atoms with Crippen molar-refractivity contribution in [3.05, 3.63) is 44.1 Å². The van der Waals surface area contributed by atoms with Gasteiger partial charge in [-0.25, -0.2) is 0 Å². The molecule has 0 unspecified atom stereocenters. The quantitative estimate of drug-likeness (QED) is 0.375. The van der Waals surface area contributed by atoms with E-state index < -0.39 is 5.91 Å². The Labute approximate surface area is 213 Å². The average Bonchev–Trinajstić information content (AvgIpc) is 3.06. The Kier molecular flexibility index (Phi) is 11.8. The molecule has 5 N–H and O–H groups in total. The fraction of sp³-hybridized carbons (Fsp3) is 0.350. The number of aliphatic imine (C=N–C) groups is 1. The molecule has 0 saturated carbocycles. The Balaban J connectivity index is 0.00000256. The minimum Gasteiger partial charge on any atom is -0.370 e. The second-order valence-electron chi connectivity index (χ2n) is 7.04. The van der Waals surface area contributed by atoms with Crippen LogP contribution in [0, 0.1) is 0 Å². The summed E-state index contributed by atoms with van der Waals surface area (Å²) in [6, 6.07) is 6.42. The molecule has 1 saturated heterocycles. The van der Waals surface area contributed by atoms with Gasteiger partial charge in [0.15, 0.2) is 5.96 Å². The van der Waals surface area contributed by atoms with E-state index in [0.29, 0.717) is 31.9 Å². The van der Waals surface area contributed by atoms with E-state index in [4.69, 9.17) is 34.7 Å². The van der Waals surface area contributed by atoms with E-state index in [1.54, 1.807) is 18.2 Å². The molecule has 176 valence electrons. The molecule has 1 aliphatic rings. The van der Waals surface area contributed by atoms with Crippen LogP contribution < -0.4 is 16.8 Å². The molecule has 2 heterocycles. The SMILES string of the molecule is Cl.Cl.NC(N)=NC(=O)c1cc(C(=O)NCCN2CCCCC2)cc(-c2cc(Cl)sc2Cl)c1. The fourth-order valence-corrected chi connectivity index (χ4v) is 4.88. The van der Waals surface area contributed by atoms with Crippen LogP contribution in [0.25, 0.3) is 11.1 Å². The molecule has 0 atom stereocenters. The molecule has 32 heavy (non-hydrogen) atoms. The number of piperidine rings is 1. The van der Waals surface area contributed by atoms with Crippen molar-refractivity contribution in [2.75, 3.05) is 26.2 Å². The summed E-state index contributed by atoms with van der Waals surface area (Å²) in [5, 5.41) is 2.92. The van der Waals surface area contributed by atoms with Gasteiger partial charge >= 0.3 is 0 Å². The van der Waals surface area contributed by atoms with Gasteiger partial charge in [-0.05, 0) is 55.8 Å². The van der Waals surface area contributed by atoms with Crippen molar-refractivity contribution in [2.24, 2.45) is 16.5 Å². The number of nitrogens with zero attached hydrogens (tertiary/aromatic N) is 2. The lowest BCUT2D eigenvalue weighted by molar-refractivity contribution is 0.0946. The third-order valence-electron chi connectivity index (χ3n) is 4.80. The lowest BCUT2D eigenvalue weighted by Gasteiger charge is -2.26. The van der Waals surface area contributed by atoms with Crippen molar-refractivity contribution in [1.29, 1.82) is 0 Å². The van der Waals surface area contributed by atoms with Crippen molar-refractivity contribution in [1.82, 2.24) is 10.2 Å². The molecule has 0 bridgehead atoms. The van der Waals surface area contributed by atoms with Crippen molar-refractivity contribution in [2.45, 2.75) is 19.3 Å². The number of carbonyl (C=O) groups is 2. The number of guanidine groups is 1. The van der Waals surface area contributed by atoms with Crippen LogP contribution in [0.3, 0.4) is 0 Å². The molecule has 0 aliphatic carbocycles. The summed E-state index contributed by atoms with van der Waals surface area (Å²) in [5.41, 5.74) is 12.4. The monoisotopic (exact) mass is 539 g/mol. The first-order chi connectivity index (χ1) is 14.3. The van der Waals surface area contributed by atoms with Crippen LogP contribution >= 0.6 is 59.4 Å². The van der Waals surface area contributed by atoms with Gasteiger partial charge in [0.05, 0.1) is 4.34 Å². The van der Waals surface area contributed by atoms with Gasteiger partial charge in [0, 0.05) is 29.8 Å². The minimum absolute atomic E-state index is 0. The number of carbonyl (C=O) groups excluding carboxylic acids is 2. The Morgan fingerprint density at radius 2 is 1.69 bits per heavy atom. The Morgan fingerprint density at radius 3 is 2.28 bits per heavy atom. The van der Waals surface area contributed by atoms with E-state index >= 15 is 0 Å². The first kappa shape index (κ1) is 28.5. The number of rotatable bonds is 6. The van der Waals surface area contributed by atoms with Gasteiger partial charge in [0.2, 0.25) is 0 Å². The summed E-state index contributed by atoms with van der Waals surface area (Å²) in [6.45, 7) is 3.42. The summed E-state index contributed by atoms with van der Waals surface area (Å²) in [4.78, 5) is 31.1. The maximum atomic E-state index is 12.8. The highest BCUT2D eigenvalue weighted by Crippen LogP contribution is 2.38. The second-order valence-corrected chi connectivity index (χ2v) is 9.32. The number of likely N-dealkylation sites (tertiary alicyclic amines) is 1. The number of hydrogen-bond donors (Lipinski definition) is 3. The number of hydrogen-bond acceptors (Lipinski definition) is 4. The van der Waals surface area contributed by atoms with E-state index in [0.717, 1.165) is 19.6 Å². The third-order valence-corrected chi connectivity index (χ3v) is 6.29. The van der Waals surface area contributed by atoms with E-state index in [-0.39, 0.29) is 42.2 Å². The molecular formula is C20H25Cl4N5O2S. The van der Waals surface area contributed by atoms with Crippen molar-refractivity contribution >= 4 is 77.1 Å². The first-order valence-corrected chi connectivity index (χ1v) is 11.2. The lowest BCUT2D eigenvalue weighted by Crippen LogP contribution is -2.37. The zero-order valence-corrected chi connectivity index (χ0v) is 21.1. The zero-order chi connectivity index (χ0) is 21.7. The summed E-state index contributed by atoms with van der Waals surface area (Å²) < 4.78 is 0.964. The smallest absolute Gasteiger partial charge is 0.280 e. The van der Waals surface area contributed by atoms with Crippen molar-refractivity contribution < 1.29 is 9.59 Å². The molecule has 0 radical (unpaired) electrons. The van der Waals surface area contributed by atoms with Crippen LogP contribution in [0.2, 0.25) is 8.67 Å². The van der Waals surface area contributed by atoms with Gasteiger partial charge in [-0.1, -0.05) is 29.6 Å². The van der Waals surface area contributed by atoms with Crippen LogP contribution in [-0.2, 0) is 0 Å². The van der Waals surface area contributed by atoms with Gasteiger partial charge in [0.1, 0.15) is 4.34 Å². The normalized spacial score (nSPS) is 13.4. The maximum absolute atomic E-state index is 12.8. The van der Waals surface area contributed by atoms with E-state index in [9.17, 15) is 9.59 Å². The van der Waals surface area contributed by atoms with Gasteiger partial charge in [-0.15, -0.1) is 36.2 Å². The third kappa shape index (κ3) is 7.79. The molecule has 0 spiro atoms. The number of benzene rings is 1. The Bertz CT molecular complexity index is 973. The highest BCUT2D eigenvalue weighted by atomic mass is 35.5. The molecule has 1 aromatic heterocycles. The molecule has 2 aromatic rings. The second kappa shape index (κ2) is 13.2. The van der Waals surface area contributed by atoms with Crippen molar-refractivity contribution in [3.8, 4) is 11.1 Å². The summed E-state index contributed by atoms with van der Waals surface area (Å²) in [5.74, 6) is -1.28. The van der Waals surface area contributed by atoms with Gasteiger partial charge < -0.3 is 21.7 Å². The van der Waals surface area contributed by atoms with Crippen molar-refractivity contribution in [3.63, 3.8) is 0 Å². The highest BCUT2D eigenvalue weighted by Gasteiger charge is 2.17. The molecule has 1 aromatic carbocycles.